The molecular formula is C12H16FNO2. The van der Waals surface area contributed by atoms with E-state index < -0.39 is 5.82 Å². The van der Waals surface area contributed by atoms with E-state index >= 15 is 0 Å². The third-order valence-corrected chi connectivity index (χ3v) is 2.50. The largest absolute Gasteiger partial charge is 0.494 e. The number of benzene rings is 1. The third kappa shape index (κ3) is 2.58. The van der Waals surface area contributed by atoms with Gasteiger partial charge in [-0.15, -0.1) is 0 Å². The van der Waals surface area contributed by atoms with Crippen molar-refractivity contribution in [3.05, 3.63) is 29.6 Å². The number of Topliss-reactive ketones (excluding diaryl/α,β-unsaturated/α-hetero) is 1. The van der Waals surface area contributed by atoms with Gasteiger partial charge in [-0.05, 0) is 25.1 Å². The number of hydrogen-bond donors (Lipinski definition) is 1. The second kappa shape index (κ2) is 5.61. The van der Waals surface area contributed by atoms with Crippen molar-refractivity contribution in [1.82, 2.24) is 0 Å². The summed E-state index contributed by atoms with van der Waals surface area (Å²) in [6, 6.07) is 4.55. The van der Waals surface area contributed by atoms with Crippen molar-refractivity contribution in [1.29, 1.82) is 0 Å². The van der Waals surface area contributed by atoms with Crippen LogP contribution in [0, 0.1) is 11.7 Å². The van der Waals surface area contributed by atoms with Gasteiger partial charge in [-0.25, -0.2) is 4.39 Å². The van der Waals surface area contributed by atoms with Crippen molar-refractivity contribution in [2.45, 2.75) is 13.3 Å². The molecule has 16 heavy (non-hydrogen) atoms. The lowest BCUT2D eigenvalue weighted by Gasteiger charge is -2.11. The number of methoxy groups -OCH3 is 1. The number of hydrogen-bond acceptors (Lipinski definition) is 3. The maximum absolute atomic E-state index is 13.7. The van der Waals surface area contributed by atoms with E-state index in [1.54, 1.807) is 13.0 Å². The smallest absolute Gasteiger partial charge is 0.175 e. The van der Waals surface area contributed by atoms with E-state index in [9.17, 15) is 9.18 Å². The predicted octanol–water partition coefficient (Wildman–Crippen LogP) is 2.00. The first kappa shape index (κ1) is 12.6. The second-order valence-electron chi connectivity index (χ2n) is 3.66. The van der Waals surface area contributed by atoms with Crippen LogP contribution in [0.25, 0.3) is 0 Å². The number of ketones is 1. The van der Waals surface area contributed by atoms with Crippen molar-refractivity contribution in [3.63, 3.8) is 0 Å². The minimum absolute atomic E-state index is 0.0697. The summed E-state index contributed by atoms with van der Waals surface area (Å²) in [6.07, 6.45) is 0.551. The molecule has 0 spiro atoms. The Kier molecular flexibility index (Phi) is 4.43. The van der Waals surface area contributed by atoms with Crippen LogP contribution in [-0.2, 0) is 0 Å². The molecule has 0 radical (unpaired) electrons. The normalized spacial score (nSPS) is 12.2. The molecule has 0 aliphatic rings. The minimum atomic E-state index is -0.598. The zero-order chi connectivity index (χ0) is 12.1. The molecule has 0 saturated heterocycles. The average Bonchev–Trinajstić information content (AvgIpc) is 2.29. The highest BCUT2D eigenvalue weighted by Crippen LogP contribution is 2.22. The molecular weight excluding hydrogens is 209 g/mol. The standard InChI is InChI=1S/C12H16FNO2/c1-8(6-7-14)12(15)9-4-3-5-10(16-2)11(9)13/h3-5,8H,6-7,14H2,1-2H3. The van der Waals surface area contributed by atoms with Crippen LogP contribution in [0.2, 0.25) is 0 Å². The molecule has 1 aromatic rings. The third-order valence-electron chi connectivity index (χ3n) is 2.50. The van der Waals surface area contributed by atoms with Gasteiger partial charge in [-0.3, -0.25) is 4.79 Å². The molecule has 0 aliphatic heterocycles. The molecule has 1 rings (SSSR count). The van der Waals surface area contributed by atoms with Crippen LogP contribution >= 0.6 is 0 Å². The lowest BCUT2D eigenvalue weighted by molar-refractivity contribution is 0.0920. The van der Waals surface area contributed by atoms with E-state index in [1.165, 1.54) is 19.2 Å². The van der Waals surface area contributed by atoms with Crippen LogP contribution in [0.3, 0.4) is 0 Å². The molecule has 1 atom stereocenters. The van der Waals surface area contributed by atoms with E-state index in [1.807, 2.05) is 0 Å². The Morgan fingerprint density at radius 1 is 1.56 bits per heavy atom. The SMILES string of the molecule is COc1cccc(C(=O)C(C)CCN)c1F. The average molecular weight is 225 g/mol. The molecule has 0 aromatic heterocycles. The monoisotopic (exact) mass is 225 g/mol. The van der Waals surface area contributed by atoms with Gasteiger partial charge < -0.3 is 10.5 Å². The second-order valence-corrected chi connectivity index (χ2v) is 3.66. The summed E-state index contributed by atoms with van der Waals surface area (Å²) in [7, 11) is 1.37. The van der Waals surface area contributed by atoms with Gasteiger partial charge >= 0.3 is 0 Å². The van der Waals surface area contributed by atoms with Crippen molar-refractivity contribution in [2.75, 3.05) is 13.7 Å². The summed E-state index contributed by atoms with van der Waals surface area (Å²) in [5, 5.41) is 0. The first-order chi connectivity index (χ1) is 7.61. The Balaban J connectivity index is 2.99. The summed E-state index contributed by atoms with van der Waals surface area (Å²) in [5.41, 5.74) is 5.44. The van der Waals surface area contributed by atoms with Crippen LogP contribution < -0.4 is 10.5 Å². The summed E-state index contributed by atoms with van der Waals surface area (Å²) in [6.45, 7) is 2.16. The van der Waals surface area contributed by atoms with Gasteiger partial charge in [-0.1, -0.05) is 13.0 Å². The van der Waals surface area contributed by atoms with Crippen LogP contribution in [0.1, 0.15) is 23.7 Å². The van der Waals surface area contributed by atoms with Gasteiger partial charge in [0.15, 0.2) is 17.3 Å². The zero-order valence-corrected chi connectivity index (χ0v) is 9.50. The summed E-state index contributed by atoms with van der Waals surface area (Å²) in [5.74, 6) is -1.02. The Bertz CT molecular complexity index is 379. The number of rotatable bonds is 5. The number of carbonyl (C=O) groups excluding carboxylic acids is 1. The maximum atomic E-state index is 13.7. The number of carbonyl (C=O) groups is 1. The molecule has 1 unspecified atom stereocenters. The quantitative estimate of drug-likeness (QED) is 0.780. The molecule has 0 bridgehead atoms. The molecule has 0 aliphatic carbocycles. The number of halogens is 1. The predicted molar refractivity (Wildman–Crippen MR) is 60.1 cm³/mol. The van der Waals surface area contributed by atoms with Crippen LogP contribution in [-0.4, -0.2) is 19.4 Å². The Morgan fingerprint density at radius 2 is 2.25 bits per heavy atom. The van der Waals surface area contributed by atoms with Gasteiger partial charge in [0, 0.05) is 5.92 Å². The van der Waals surface area contributed by atoms with Crippen molar-refractivity contribution in [2.24, 2.45) is 11.7 Å². The zero-order valence-electron chi connectivity index (χ0n) is 9.50. The summed E-state index contributed by atoms with van der Waals surface area (Å²) < 4.78 is 18.6. The highest BCUT2D eigenvalue weighted by atomic mass is 19.1. The van der Waals surface area contributed by atoms with E-state index in [-0.39, 0.29) is 23.0 Å². The molecule has 0 saturated carbocycles. The van der Waals surface area contributed by atoms with E-state index in [0.29, 0.717) is 13.0 Å². The fourth-order valence-electron chi connectivity index (χ4n) is 1.51. The first-order valence-electron chi connectivity index (χ1n) is 5.18. The Morgan fingerprint density at radius 3 is 2.81 bits per heavy atom. The topological polar surface area (TPSA) is 52.3 Å². The number of ether oxygens (including phenoxy) is 1. The lowest BCUT2D eigenvalue weighted by atomic mass is 9.96. The minimum Gasteiger partial charge on any atom is -0.494 e. The van der Waals surface area contributed by atoms with Crippen LogP contribution in [0.4, 0.5) is 4.39 Å². The fraction of sp³-hybridized carbons (Fsp3) is 0.417. The fourth-order valence-corrected chi connectivity index (χ4v) is 1.51. The lowest BCUT2D eigenvalue weighted by Crippen LogP contribution is -2.17. The highest BCUT2D eigenvalue weighted by Gasteiger charge is 2.20. The van der Waals surface area contributed by atoms with Gasteiger partial charge in [0.2, 0.25) is 0 Å². The van der Waals surface area contributed by atoms with Crippen LogP contribution in [0.15, 0.2) is 18.2 Å². The summed E-state index contributed by atoms with van der Waals surface area (Å²) >= 11 is 0. The molecule has 3 nitrogen and oxygen atoms in total. The molecule has 2 N–H and O–H groups in total. The molecule has 1 aromatic carbocycles. The highest BCUT2D eigenvalue weighted by molar-refractivity contribution is 5.98. The van der Waals surface area contributed by atoms with Crippen molar-refractivity contribution < 1.29 is 13.9 Å². The van der Waals surface area contributed by atoms with Gasteiger partial charge in [0.05, 0.1) is 12.7 Å². The van der Waals surface area contributed by atoms with Crippen LogP contribution in [0.5, 0.6) is 5.75 Å². The van der Waals surface area contributed by atoms with Gasteiger partial charge in [-0.2, -0.15) is 0 Å². The maximum Gasteiger partial charge on any atom is 0.175 e. The van der Waals surface area contributed by atoms with E-state index in [2.05, 4.69) is 0 Å². The molecule has 4 heteroatoms. The molecule has 88 valence electrons. The van der Waals surface area contributed by atoms with Crippen molar-refractivity contribution >= 4 is 5.78 Å². The Labute approximate surface area is 94.4 Å². The van der Waals surface area contributed by atoms with Crippen molar-refractivity contribution in [3.8, 4) is 5.75 Å². The van der Waals surface area contributed by atoms with Gasteiger partial charge in [0.1, 0.15) is 0 Å². The number of nitrogens with two attached hydrogens (primary N) is 1. The molecule has 0 heterocycles. The van der Waals surface area contributed by atoms with Gasteiger partial charge in [0.25, 0.3) is 0 Å². The molecule has 0 amide bonds. The summed E-state index contributed by atoms with van der Waals surface area (Å²) in [4.78, 5) is 11.9. The first-order valence-corrected chi connectivity index (χ1v) is 5.18. The molecule has 0 fully saturated rings. The van der Waals surface area contributed by atoms with E-state index in [0.717, 1.165) is 0 Å². The van der Waals surface area contributed by atoms with E-state index in [4.69, 9.17) is 10.5 Å². The Hall–Kier alpha value is -1.42.